The van der Waals surface area contributed by atoms with Crippen LogP contribution in [0.4, 0.5) is 0 Å². The third-order valence-electron chi connectivity index (χ3n) is 3.01. The van der Waals surface area contributed by atoms with Crippen molar-refractivity contribution in [1.82, 2.24) is 15.2 Å². The van der Waals surface area contributed by atoms with Gasteiger partial charge in [-0.1, -0.05) is 32.0 Å². The van der Waals surface area contributed by atoms with Crippen molar-refractivity contribution in [1.29, 1.82) is 0 Å². The molecule has 1 aromatic carbocycles. The summed E-state index contributed by atoms with van der Waals surface area (Å²) in [6.45, 7) is 8.47. The van der Waals surface area contributed by atoms with E-state index in [9.17, 15) is 0 Å². The molecule has 1 aromatic heterocycles. The number of nitrogens with one attached hydrogen (secondary N) is 1. The molecule has 0 aliphatic heterocycles. The normalized spacial score (nSPS) is 11.1. The van der Waals surface area contributed by atoms with Crippen molar-refractivity contribution >= 4 is 0 Å². The average Bonchev–Trinajstić information content (AvgIpc) is 2.72. The Morgan fingerprint density at radius 3 is 2.53 bits per heavy atom. The molecule has 1 heterocycles. The predicted molar refractivity (Wildman–Crippen MR) is 69.2 cm³/mol. The van der Waals surface area contributed by atoms with Crippen molar-refractivity contribution in [3.8, 4) is 0 Å². The zero-order valence-corrected chi connectivity index (χ0v) is 10.9. The molecule has 90 valence electrons. The van der Waals surface area contributed by atoms with Crippen LogP contribution in [0.5, 0.6) is 0 Å². The SMILES string of the molecule is Cc1ccc(Cc2nc(C(C)C)n[nH]2)cc1C. The Hall–Kier alpha value is -1.64. The van der Waals surface area contributed by atoms with Gasteiger partial charge in [0.05, 0.1) is 0 Å². The number of hydrogen-bond acceptors (Lipinski definition) is 2. The van der Waals surface area contributed by atoms with Gasteiger partial charge in [0.25, 0.3) is 0 Å². The zero-order valence-electron chi connectivity index (χ0n) is 10.9. The molecule has 2 aromatic rings. The topological polar surface area (TPSA) is 41.6 Å². The number of rotatable bonds is 3. The van der Waals surface area contributed by atoms with E-state index in [0.717, 1.165) is 18.1 Å². The second-order valence-electron chi connectivity index (χ2n) is 4.89. The molecule has 0 bridgehead atoms. The highest BCUT2D eigenvalue weighted by Crippen LogP contribution is 2.14. The highest BCUT2D eigenvalue weighted by atomic mass is 15.2. The molecule has 0 saturated carbocycles. The Bertz CT molecular complexity index is 512. The lowest BCUT2D eigenvalue weighted by molar-refractivity contribution is 0.780. The van der Waals surface area contributed by atoms with Crippen LogP contribution in [-0.2, 0) is 6.42 Å². The number of nitrogens with zero attached hydrogens (tertiary/aromatic N) is 2. The maximum atomic E-state index is 4.49. The number of aromatic amines is 1. The van der Waals surface area contributed by atoms with Crippen molar-refractivity contribution in [2.24, 2.45) is 0 Å². The van der Waals surface area contributed by atoms with E-state index in [-0.39, 0.29) is 0 Å². The van der Waals surface area contributed by atoms with Gasteiger partial charge in [-0.2, -0.15) is 5.10 Å². The molecule has 0 fully saturated rings. The first kappa shape index (κ1) is 11.8. The summed E-state index contributed by atoms with van der Waals surface area (Å²) < 4.78 is 0. The molecule has 0 aliphatic carbocycles. The minimum Gasteiger partial charge on any atom is -0.263 e. The van der Waals surface area contributed by atoms with Crippen LogP contribution in [0.2, 0.25) is 0 Å². The third kappa shape index (κ3) is 2.73. The summed E-state index contributed by atoms with van der Waals surface area (Å²) in [5.41, 5.74) is 3.93. The lowest BCUT2D eigenvalue weighted by Crippen LogP contribution is -1.94. The van der Waals surface area contributed by atoms with Gasteiger partial charge in [-0.05, 0) is 30.5 Å². The fourth-order valence-electron chi connectivity index (χ4n) is 1.75. The van der Waals surface area contributed by atoms with Crippen LogP contribution in [0.25, 0.3) is 0 Å². The van der Waals surface area contributed by atoms with Crippen LogP contribution in [0.15, 0.2) is 18.2 Å². The number of aromatic nitrogens is 3. The average molecular weight is 229 g/mol. The number of hydrogen-bond donors (Lipinski definition) is 1. The molecular formula is C14H19N3. The van der Waals surface area contributed by atoms with Gasteiger partial charge in [0.1, 0.15) is 5.82 Å². The van der Waals surface area contributed by atoms with Crippen molar-refractivity contribution < 1.29 is 0 Å². The molecule has 0 aliphatic rings. The van der Waals surface area contributed by atoms with E-state index in [4.69, 9.17) is 0 Å². The zero-order chi connectivity index (χ0) is 12.4. The van der Waals surface area contributed by atoms with Crippen LogP contribution in [0.1, 0.15) is 48.1 Å². The third-order valence-corrected chi connectivity index (χ3v) is 3.01. The van der Waals surface area contributed by atoms with Crippen LogP contribution >= 0.6 is 0 Å². The van der Waals surface area contributed by atoms with Gasteiger partial charge in [0.15, 0.2) is 5.82 Å². The van der Waals surface area contributed by atoms with E-state index in [2.05, 4.69) is 61.1 Å². The van der Waals surface area contributed by atoms with Gasteiger partial charge in [-0.3, -0.25) is 5.10 Å². The van der Waals surface area contributed by atoms with E-state index < -0.39 is 0 Å². The monoisotopic (exact) mass is 229 g/mol. The van der Waals surface area contributed by atoms with Crippen molar-refractivity contribution in [3.05, 3.63) is 46.5 Å². The fourth-order valence-corrected chi connectivity index (χ4v) is 1.75. The Morgan fingerprint density at radius 2 is 1.94 bits per heavy atom. The second kappa shape index (κ2) is 4.70. The van der Waals surface area contributed by atoms with Gasteiger partial charge in [0, 0.05) is 12.3 Å². The summed E-state index contributed by atoms with van der Waals surface area (Å²) in [6.07, 6.45) is 0.820. The molecule has 0 atom stereocenters. The number of benzene rings is 1. The number of H-pyrrole nitrogens is 1. The molecule has 0 saturated heterocycles. The summed E-state index contributed by atoms with van der Waals surface area (Å²) in [7, 11) is 0. The lowest BCUT2D eigenvalue weighted by atomic mass is 10.0. The van der Waals surface area contributed by atoms with Crippen LogP contribution in [0, 0.1) is 13.8 Å². The second-order valence-corrected chi connectivity index (χ2v) is 4.89. The molecule has 3 heteroatoms. The van der Waals surface area contributed by atoms with Gasteiger partial charge in [-0.15, -0.1) is 0 Å². The Morgan fingerprint density at radius 1 is 1.18 bits per heavy atom. The summed E-state index contributed by atoms with van der Waals surface area (Å²) in [4.78, 5) is 4.49. The van der Waals surface area contributed by atoms with Crippen LogP contribution < -0.4 is 0 Å². The molecule has 0 spiro atoms. The summed E-state index contributed by atoms with van der Waals surface area (Å²) in [5.74, 6) is 2.21. The Labute approximate surface area is 102 Å². The molecule has 2 rings (SSSR count). The van der Waals surface area contributed by atoms with Crippen LogP contribution in [-0.4, -0.2) is 15.2 Å². The molecule has 0 unspecified atom stereocenters. The van der Waals surface area contributed by atoms with Crippen molar-refractivity contribution in [3.63, 3.8) is 0 Å². The first-order valence-corrected chi connectivity index (χ1v) is 6.03. The summed E-state index contributed by atoms with van der Waals surface area (Å²) >= 11 is 0. The molecule has 0 radical (unpaired) electrons. The molecule has 1 N–H and O–H groups in total. The highest BCUT2D eigenvalue weighted by Gasteiger charge is 2.07. The standard InChI is InChI=1S/C14H19N3/c1-9(2)14-15-13(16-17-14)8-12-6-5-10(3)11(4)7-12/h5-7,9H,8H2,1-4H3,(H,15,16,17). The van der Waals surface area contributed by atoms with E-state index in [0.29, 0.717) is 5.92 Å². The minimum absolute atomic E-state index is 0.375. The van der Waals surface area contributed by atoms with Gasteiger partial charge in [0.2, 0.25) is 0 Å². The van der Waals surface area contributed by atoms with Crippen molar-refractivity contribution in [2.75, 3.05) is 0 Å². The van der Waals surface area contributed by atoms with E-state index in [1.165, 1.54) is 16.7 Å². The van der Waals surface area contributed by atoms with E-state index >= 15 is 0 Å². The lowest BCUT2D eigenvalue weighted by Gasteiger charge is -2.03. The molecule has 17 heavy (non-hydrogen) atoms. The van der Waals surface area contributed by atoms with Gasteiger partial charge < -0.3 is 0 Å². The summed E-state index contributed by atoms with van der Waals surface area (Å²) in [5, 5.41) is 7.22. The fraction of sp³-hybridized carbons (Fsp3) is 0.429. The minimum atomic E-state index is 0.375. The Kier molecular flexibility index (Phi) is 3.27. The van der Waals surface area contributed by atoms with Gasteiger partial charge >= 0.3 is 0 Å². The largest absolute Gasteiger partial charge is 0.263 e. The maximum Gasteiger partial charge on any atom is 0.153 e. The smallest absolute Gasteiger partial charge is 0.153 e. The summed E-state index contributed by atoms with van der Waals surface area (Å²) in [6, 6.07) is 6.52. The first-order chi connectivity index (χ1) is 8.06. The van der Waals surface area contributed by atoms with E-state index in [1.54, 1.807) is 0 Å². The first-order valence-electron chi connectivity index (χ1n) is 6.03. The molecule has 3 nitrogen and oxygen atoms in total. The quantitative estimate of drug-likeness (QED) is 0.878. The molecule has 0 amide bonds. The maximum absolute atomic E-state index is 4.49. The van der Waals surface area contributed by atoms with Crippen molar-refractivity contribution in [2.45, 2.75) is 40.0 Å². The highest BCUT2D eigenvalue weighted by molar-refractivity contribution is 5.31. The predicted octanol–water partition coefficient (Wildman–Crippen LogP) is 3.14. The molecular weight excluding hydrogens is 210 g/mol. The Balaban J connectivity index is 2.16. The number of aryl methyl sites for hydroxylation is 2. The van der Waals surface area contributed by atoms with Gasteiger partial charge in [-0.25, -0.2) is 4.98 Å². The van der Waals surface area contributed by atoms with Crippen LogP contribution in [0.3, 0.4) is 0 Å². The van der Waals surface area contributed by atoms with E-state index in [1.807, 2.05) is 0 Å².